The zero-order valence-corrected chi connectivity index (χ0v) is 19.6. The van der Waals surface area contributed by atoms with E-state index in [9.17, 15) is 22.4 Å². The van der Waals surface area contributed by atoms with Gasteiger partial charge in [0.05, 0.1) is 23.5 Å². The number of H-pyrrole nitrogens is 1. The minimum Gasteiger partial charge on any atom is -0.346 e. The van der Waals surface area contributed by atoms with Crippen LogP contribution in [0.15, 0.2) is 49.2 Å². The van der Waals surface area contributed by atoms with Crippen LogP contribution in [0.3, 0.4) is 0 Å². The normalized spacial score (nSPS) is 17.9. The van der Waals surface area contributed by atoms with E-state index in [1.54, 1.807) is 6.20 Å². The van der Waals surface area contributed by atoms with Crippen LogP contribution in [0.1, 0.15) is 34.8 Å². The van der Waals surface area contributed by atoms with Crippen molar-refractivity contribution < 1.29 is 22.4 Å². The smallest absolute Gasteiger partial charge is 0.346 e. The van der Waals surface area contributed by atoms with Crippen molar-refractivity contribution in [2.24, 2.45) is 0 Å². The molecule has 2 fully saturated rings. The molecular weight excluding hydrogens is 490 g/mol. The number of fused-ring (bicyclic) bond motifs is 1. The van der Waals surface area contributed by atoms with Crippen molar-refractivity contribution in [1.29, 1.82) is 0 Å². The Hall–Kier alpha value is -3.80. The molecule has 0 saturated carbocycles. The van der Waals surface area contributed by atoms with E-state index in [0.29, 0.717) is 32.0 Å². The summed E-state index contributed by atoms with van der Waals surface area (Å²) in [5.41, 5.74) is 1.09. The monoisotopic (exact) mass is 513 g/mol. The van der Waals surface area contributed by atoms with Crippen molar-refractivity contribution >= 4 is 16.9 Å². The number of aromatic nitrogens is 5. The third-order valence-electron chi connectivity index (χ3n) is 7.23. The van der Waals surface area contributed by atoms with Gasteiger partial charge in [-0.05, 0) is 37.1 Å². The van der Waals surface area contributed by atoms with Crippen LogP contribution in [0.5, 0.6) is 0 Å². The van der Waals surface area contributed by atoms with Gasteiger partial charge in [0.25, 0.3) is 5.91 Å². The topological polar surface area (TPSA) is 82.9 Å². The number of benzene rings is 1. The molecular formula is C25H23F4N7O. The van der Waals surface area contributed by atoms with Crippen LogP contribution in [0, 0.1) is 5.82 Å². The molecule has 1 aromatic carbocycles. The number of carbonyl (C=O) groups is 1. The van der Waals surface area contributed by atoms with Crippen LogP contribution in [0.2, 0.25) is 0 Å². The van der Waals surface area contributed by atoms with Crippen molar-refractivity contribution in [1.82, 2.24) is 34.5 Å². The summed E-state index contributed by atoms with van der Waals surface area (Å²) >= 11 is 0. The Morgan fingerprint density at radius 1 is 1.05 bits per heavy atom. The van der Waals surface area contributed by atoms with Crippen LogP contribution >= 0.6 is 0 Å². The molecule has 1 N–H and O–H groups in total. The summed E-state index contributed by atoms with van der Waals surface area (Å²) in [4.78, 5) is 28.3. The molecule has 0 spiro atoms. The number of nitrogens with one attached hydrogen (secondary N) is 1. The molecule has 2 aliphatic heterocycles. The Kier molecular flexibility index (Phi) is 5.70. The van der Waals surface area contributed by atoms with Crippen molar-refractivity contribution in [3.63, 3.8) is 0 Å². The Bertz CT molecular complexity index is 1450. The second kappa shape index (κ2) is 8.94. The number of piperidine rings is 1. The lowest BCUT2D eigenvalue weighted by molar-refractivity contribution is -0.137. The Morgan fingerprint density at radius 2 is 1.84 bits per heavy atom. The lowest BCUT2D eigenvalue weighted by Gasteiger charge is -2.47. The first kappa shape index (κ1) is 23.6. The van der Waals surface area contributed by atoms with Crippen molar-refractivity contribution in [2.75, 3.05) is 26.2 Å². The quantitative estimate of drug-likeness (QED) is 0.415. The number of aromatic amines is 1. The lowest BCUT2D eigenvalue weighted by atomic mass is 9.97. The van der Waals surface area contributed by atoms with Crippen LogP contribution in [-0.2, 0) is 6.18 Å². The van der Waals surface area contributed by atoms with Gasteiger partial charge in [-0.15, -0.1) is 0 Å². The van der Waals surface area contributed by atoms with Gasteiger partial charge in [-0.3, -0.25) is 14.4 Å². The van der Waals surface area contributed by atoms with Crippen LogP contribution in [-0.4, -0.2) is 72.7 Å². The van der Waals surface area contributed by atoms with E-state index in [1.807, 2.05) is 23.1 Å². The predicted octanol–water partition coefficient (Wildman–Crippen LogP) is 4.14. The summed E-state index contributed by atoms with van der Waals surface area (Å²) in [6, 6.07) is 4.43. The Morgan fingerprint density at radius 3 is 2.59 bits per heavy atom. The van der Waals surface area contributed by atoms with Crippen LogP contribution in [0.4, 0.5) is 17.6 Å². The van der Waals surface area contributed by atoms with Gasteiger partial charge in [-0.1, -0.05) is 0 Å². The molecule has 2 saturated heterocycles. The van der Waals surface area contributed by atoms with Crippen molar-refractivity contribution in [2.45, 2.75) is 31.1 Å². The van der Waals surface area contributed by atoms with E-state index in [-0.39, 0.29) is 17.6 Å². The molecule has 2 aliphatic rings. The number of hydrogen-bond donors (Lipinski definition) is 1. The zero-order chi connectivity index (χ0) is 25.7. The first-order chi connectivity index (χ1) is 17.8. The Balaban J connectivity index is 1.05. The van der Waals surface area contributed by atoms with Gasteiger partial charge in [0.1, 0.15) is 17.8 Å². The number of nitrogens with zero attached hydrogens (tertiary/aromatic N) is 6. The molecule has 0 aliphatic carbocycles. The highest BCUT2D eigenvalue weighted by molar-refractivity contribution is 5.94. The van der Waals surface area contributed by atoms with Gasteiger partial charge in [0.2, 0.25) is 0 Å². The lowest BCUT2D eigenvalue weighted by Crippen LogP contribution is -2.56. The molecule has 1 amide bonds. The molecule has 0 atom stereocenters. The fraction of sp³-hybridized carbons (Fsp3) is 0.360. The molecule has 3 aromatic heterocycles. The molecule has 12 heteroatoms. The first-order valence-electron chi connectivity index (χ1n) is 12.0. The number of halogens is 4. The van der Waals surface area contributed by atoms with E-state index < -0.39 is 23.5 Å². The Labute approximate surface area is 208 Å². The molecule has 0 radical (unpaired) electrons. The number of rotatable bonds is 4. The predicted molar refractivity (Wildman–Crippen MR) is 126 cm³/mol. The highest BCUT2D eigenvalue weighted by Crippen LogP contribution is 2.32. The summed E-state index contributed by atoms with van der Waals surface area (Å²) in [6.07, 6.45) is 3.85. The summed E-state index contributed by atoms with van der Waals surface area (Å²) in [6.45, 7) is 2.47. The molecule has 6 rings (SSSR count). The van der Waals surface area contributed by atoms with E-state index in [0.717, 1.165) is 47.5 Å². The van der Waals surface area contributed by atoms with Gasteiger partial charge in [0, 0.05) is 61.1 Å². The number of hydrogen-bond acceptors (Lipinski definition) is 5. The zero-order valence-electron chi connectivity index (χ0n) is 19.6. The third kappa shape index (κ3) is 4.45. The SMILES string of the molecule is O=C(c1cc(F)cc(C(F)(F)F)c1)N1CCC(N2CC(n3cc(-c4ncnc5[nH]ccc45)cn3)C2)CC1. The van der Waals surface area contributed by atoms with Gasteiger partial charge >= 0.3 is 6.18 Å². The summed E-state index contributed by atoms with van der Waals surface area (Å²) < 4.78 is 54.8. The number of carbonyl (C=O) groups excluding carboxylic acids is 1. The first-order valence-corrected chi connectivity index (χ1v) is 12.0. The largest absolute Gasteiger partial charge is 0.416 e. The average molecular weight is 513 g/mol. The second-order valence-corrected chi connectivity index (χ2v) is 9.53. The maximum absolute atomic E-state index is 13.7. The number of likely N-dealkylation sites (tertiary alicyclic amines) is 2. The van der Waals surface area contributed by atoms with E-state index in [4.69, 9.17) is 0 Å². The van der Waals surface area contributed by atoms with Crippen LogP contribution < -0.4 is 0 Å². The number of amides is 1. The minimum atomic E-state index is -4.71. The standard InChI is InChI=1S/C25H23F4N7O/c26-18-8-15(7-17(9-18)25(27,28)29)24(37)34-5-2-19(3-6-34)35-12-20(13-35)36-11-16(10-33-36)22-21-1-4-30-23(21)32-14-31-22/h1,4,7-11,14,19-20H,2-3,5-6,12-13H2,(H,30,31,32). The third-order valence-corrected chi connectivity index (χ3v) is 7.23. The molecule has 0 bridgehead atoms. The number of alkyl halides is 3. The van der Waals surface area contributed by atoms with Gasteiger partial charge in [-0.25, -0.2) is 14.4 Å². The molecule has 8 nitrogen and oxygen atoms in total. The van der Waals surface area contributed by atoms with E-state index in [2.05, 4.69) is 25.0 Å². The second-order valence-electron chi connectivity index (χ2n) is 9.53. The van der Waals surface area contributed by atoms with E-state index in [1.165, 1.54) is 11.2 Å². The van der Waals surface area contributed by atoms with Crippen LogP contribution in [0.25, 0.3) is 22.3 Å². The molecule has 0 unspecified atom stereocenters. The fourth-order valence-electron chi connectivity index (χ4n) is 5.21. The highest BCUT2D eigenvalue weighted by Gasteiger charge is 2.37. The average Bonchev–Trinajstić information content (AvgIpc) is 3.52. The summed E-state index contributed by atoms with van der Waals surface area (Å²) in [5, 5.41) is 5.48. The molecule has 5 heterocycles. The van der Waals surface area contributed by atoms with E-state index >= 15 is 0 Å². The fourth-order valence-corrected chi connectivity index (χ4v) is 5.21. The molecule has 4 aromatic rings. The highest BCUT2D eigenvalue weighted by atomic mass is 19.4. The summed E-state index contributed by atoms with van der Waals surface area (Å²) in [5.74, 6) is -1.64. The molecule has 37 heavy (non-hydrogen) atoms. The maximum Gasteiger partial charge on any atom is 0.416 e. The summed E-state index contributed by atoms with van der Waals surface area (Å²) in [7, 11) is 0. The van der Waals surface area contributed by atoms with Gasteiger partial charge < -0.3 is 9.88 Å². The van der Waals surface area contributed by atoms with Crippen molar-refractivity contribution in [3.05, 3.63) is 66.1 Å². The minimum absolute atomic E-state index is 0.227. The van der Waals surface area contributed by atoms with Gasteiger partial charge in [-0.2, -0.15) is 18.3 Å². The maximum atomic E-state index is 13.7. The molecule has 192 valence electrons. The van der Waals surface area contributed by atoms with Gasteiger partial charge in [0.15, 0.2) is 0 Å². The van der Waals surface area contributed by atoms with Crippen molar-refractivity contribution in [3.8, 4) is 11.3 Å².